The molecule has 35 heavy (non-hydrogen) atoms. The second-order valence-electron chi connectivity index (χ2n) is 10.2. The van der Waals surface area contributed by atoms with Gasteiger partial charge in [-0.05, 0) is 55.4 Å². The minimum atomic E-state index is -5.27. The second-order valence-corrected chi connectivity index (χ2v) is 12.2. The van der Waals surface area contributed by atoms with Gasteiger partial charge in [-0.15, -0.1) is 0 Å². The van der Waals surface area contributed by atoms with Gasteiger partial charge in [-0.25, -0.2) is 18.2 Å². The van der Waals surface area contributed by atoms with E-state index in [0.29, 0.717) is 45.1 Å². The molecule has 0 bridgehead atoms. The fraction of sp³-hybridized carbons (Fsp3) is 0.636. The largest absolute Gasteiger partial charge is 0.483 e. The number of benzene rings is 1. The fourth-order valence-electron chi connectivity index (χ4n) is 5.91. The van der Waals surface area contributed by atoms with Gasteiger partial charge in [0, 0.05) is 31.6 Å². The van der Waals surface area contributed by atoms with Gasteiger partial charge in [0.25, 0.3) is 0 Å². The molecule has 1 spiro atoms. The first-order chi connectivity index (χ1) is 16.3. The molecule has 8 nitrogen and oxygen atoms in total. The van der Waals surface area contributed by atoms with Gasteiger partial charge in [-0.1, -0.05) is 0 Å². The summed E-state index contributed by atoms with van der Waals surface area (Å²) in [5.74, 6) is -1.02. The van der Waals surface area contributed by atoms with Crippen LogP contribution in [0.4, 0.5) is 22.4 Å². The summed E-state index contributed by atoms with van der Waals surface area (Å²) in [4.78, 5) is 27.1. The van der Waals surface area contributed by atoms with E-state index < -0.39 is 26.0 Å². The molecule has 2 N–H and O–H groups in total. The minimum Gasteiger partial charge on any atom is -0.366 e. The zero-order chi connectivity index (χ0) is 25.2. The molecule has 4 fully saturated rings. The number of nitrogens with one attached hydrogen (secondary N) is 2. The highest BCUT2D eigenvalue weighted by Crippen LogP contribution is 2.53. The average molecular weight is 519 g/mol. The van der Waals surface area contributed by atoms with E-state index in [0.717, 1.165) is 25.0 Å². The normalized spacial score (nSPS) is 27.9. The van der Waals surface area contributed by atoms with Crippen LogP contribution in [-0.4, -0.2) is 76.4 Å². The lowest BCUT2D eigenvalue weighted by Crippen LogP contribution is -2.68. The van der Waals surface area contributed by atoms with Crippen molar-refractivity contribution in [2.45, 2.75) is 48.2 Å². The van der Waals surface area contributed by atoms with Crippen LogP contribution < -0.4 is 5.32 Å². The highest BCUT2D eigenvalue weighted by Gasteiger charge is 2.54. The van der Waals surface area contributed by atoms with Crippen LogP contribution in [0.25, 0.3) is 0 Å². The molecule has 1 aromatic carbocycles. The number of carbonyl (C=O) groups excluding carboxylic acids is 2. The zero-order valence-electron chi connectivity index (χ0n) is 18.8. The van der Waals surface area contributed by atoms with Crippen molar-refractivity contribution >= 4 is 21.7 Å². The van der Waals surface area contributed by atoms with Gasteiger partial charge >= 0.3 is 11.5 Å². The molecule has 0 aromatic heterocycles. The summed E-state index contributed by atoms with van der Waals surface area (Å²) in [6.07, 6.45) is 2.42. The molecule has 5 rings (SSSR count). The number of piperidine rings is 1. The minimum absolute atomic E-state index is 0.0358. The van der Waals surface area contributed by atoms with Crippen molar-refractivity contribution in [2.75, 3.05) is 32.8 Å². The first-order valence-electron chi connectivity index (χ1n) is 11.4. The first kappa shape index (κ1) is 24.3. The van der Waals surface area contributed by atoms with Crippen LogP contribution in [0, 0.1) is 21.9 Å². The van der Waals surface area contributed by atoms with Gasteiger partial charge in [0.15, 0.2) is 9.73 Å². The standard InChI is InChI=1S/C22H26F4N4O4S/c23-15-4-13(5-16(6-15)35(27,33)22(24,25)26)3-14-7-21(8-14)11-30(12-21)20(32)29-2-1-18-17(9-29)28-19(31)10-34-18/h4-6,14,17-18,27H,1-3,7-12H2,(H,28,31)/t17-,18+,35?/m1/s1. The first-order valence-corrected chi connectivity index (χ1v) is 13.0. The number of urea groups is 1. The van der Waals surface area contributed by atoms with Crippen LogP contribution in [0.15, 0.2) is 23.1 Å². The number of likely N-dealkylation sites (tertiary alicyclic amines) is 2. The molecule has 1 aromatic rings. The number of morpholine rings is 1. The van der Waals surface area contributed by atoms with E-state index in [1.54, 1.807) is 9.80 Å². The van der Waals surface area contributed by atoms with E-state index in [2.05, 4.69) is 5.32 Å². The van der Waals surface area contributed by atoms with Crippen LogP contribution in [0.3, 0.4) is 0 Å². The van der Waals surface area contributed by atoms with Gasteiger partial charge in [0.1, 0.15) is 12.4 Å². The molecular formula is C22H26F4N4O4S. The second kappa shape index (κ2) is 8.32. The summed E-state index contributed by atoms with van der Waals surface area (Å²) in [6, 6.07) is 2.37. The summed E-state index contributed by atoms with van der Waals surface area (Å²) in [7, 11) is -5.12. The van der Waals surface area contributed by atoms with Crippen molar-refractivity contribution in [3.05, 3.63) is 29.6 Å². The maximum absolute atomic E-state index is 13.9. The quantitative estimate of drug-likeness (QED) is 0.601. The Bertz CT molecular complexity index is 1140. The molecule has 0 radical (unpaired) electrons. The lowest BCUT2D eigenvalue weighted by atomic mass is 9.56. The molecule has 3 amide bonds. The number of hydrogen-bond acceptors (Lipinski definition) is 5. The molecule has 1 aliphatic carbocycles. The van der Waals surface area contributed by atoms with Gasteiger partial charge in [0.05, 0.1) is 17.0 Å². The maximum Gasteiger partial charge on any atom is 0.483 e. The number of rotatable bonds is 3. The average Bonchev–Trinajstić information content (AvgIpc) is 2.72. The molecule has 13 heteroatoms. The van der Waals surface area contributed by atoms with Crippen molar-refractivity contribution in [2.24, 2.45) is 11.3 Å². The molecule has 192 valence electrons. The van der Waals surface area contributed by atoms with Crippen LogP contribution in [0.1, 0.15) is 24.8 Å². The summed E-state index contributed by atoms with van der Waals surface area (Å²) in [5.41, 5.74) is -5.02. The molecule has 3 atom stereocenters. The number of ether oxygens (including phenoxy) is 1. The number of halogens is 4. The van der Waals surface area contributed by atoms with E-state index in [9.17, 15) is 31.4 Å². The van der Waals surface area contributed by atoms with Crippen LogP contribution in [0.2, 0.25) is 0 Å². The number of fused-ring (bicyclic) bond motifs is 1. The lowest BCUT2D eigenvalue weighted by molar-refractivity contribution is -0.140. The number of hydrogen-bond donors (Lipinski definition) is 2. The van der Waals surface area contributed by atoms with E-state index in [1.165, 1.54) is 0 Å². The number of amides is 3. The van der Waals surface area contributed by atoms with Crippen molar-refractivity contribution in [3.8, 4) is 0 Å². The molecule has 1 saturated carbocycles. The lowest BCUT2D eigenvalue weighted by Gasteiger charge is -2.60. The Hall–Kier alpha value is -2.41. The Kier molecular flexibility index (Phi) is 5.78. The number of nitrogens with zero attached hydrogens (tertiary/aromatic N) is 2. The van der Waals surface area contributed by atoms with Crippen LogP contribution in [0.5, 0.6) is 0 Å². The Morgan fingerprint density at radius 1 is 1.23 bits per heavy atom. The Balaban J connectivity index is 1.14. The SMILES string of the molecule is N=S(=O)(c1cc(F)cc(CC2CC3(C2)CN(C(=O)N2CC[C@@H]4OCC(=O)N[C@@H]4C2)C3)c1)C(F)(F)F. The van der Waals surface area contributed by atoms with Crippen LogP contribution in [-0.2, 0) is 25.7 Å². The predicted octanol–water partition coefficient (Wildman–Crippen LogP) is 2.71. The van der Waals surface area contributed by atoms with Crippen molar-refractivity contribution in [1.82, 2.24) is 15.1 Å². The Morgan fingerprint density at radius 2 is 1.94 bits per heavy atom. The van der Waals surface area contributed by atoms with Crippen LogP contribution >= 0.6 is 0 Å². The molecule has 1 unspecified atom stereocenters. The summed E-state index contributed by atoms with van der Waals surface area (Å²) in [6.45, 7) is 2.17. The predicted molar refractivity (Wildman–Crippen MR) is 115 cm³/mol. The summed E-state index contributed by atoms with van der Waals surface area (Å²) < 4.78 is 77.5. The van der Waals surface area contributed by atoms with E-state index in [1.807, 2.05) is 0 Å². The van der Waals surface area contributed by atoms with E-state index in [-0.39, 0.29) is 47.6 Å². The molecule has 3 saturated heterocycles. The topological polar surface area (TPSA) is 103 Å². The molecular weight excluding hydrogens is 492 g/mol. The van der Waals surface area contributed by atoms with E-state index >= 15 is 0 Å². The van der Waals surface area contributed by atoms with Gasteiger partial charge in [0.2, 0.25) is 5.91 Å². The van der Waals surface area contributed by atoms with Crippen molar-refractivity contribution < 1.29 is 36.1 Å². The molecule has 3 aliphatic heterocycles. The maximum atomic E-state index is 13.9. The monoisotopic (exact) mass is 518 g/mol. The Morgan fingerprint density at radius 3 is 2.63 bits per heavy atom. The number of carbonyl (C=O) groups is 2. The third-order valence-electron chi connectivity index (χ3n) is 7.47. The Labute approximate surface area is 199 Å². The fourth-order valence-corrected chi connectivity index (χ4v) is 6.77. The zero-order valence-corrected chi connectivity index (χ0v) is 19.6. The van der Waals surface area contributed by atoms with E-state index in [4.69, 9.17) is 9.52 Å². The van der Waals surface area contributed by atoms with Gasteiger partial charge in [-0.2, -0.15) is 13.2 Å². The number of alkyl halides is 3. The summed E-state index contributed by atoms with van der Waals surface area (Å²) >= 11 is 0. The smallest absolute Gasteiger partial charge is 0.366 e. The highest BCUT2D eigenvalue weighted by molar-refractivity contribution is 7.93. The third kappa shape index (κ3) is 4.48. The molecule has 3 heterocycles. The molecule has 4 aliphatic rings. The highest BCUT2D eigenvalue weighted by atomic mass is 32.2. The van der Waals surface area contributed by atoms with Crippen molar-refractivity contribution in [1.29, 1.82) is 4.78 Å². The van der Waals surface area contributed by atoms with Gasteiger partial charge in [-0.3, -0.25) is 4.79 Å². The third-order valence-corrected chi connectivity index (χ3v) is 9.03. The van der Waals surface area contributed by atoms with Crippen molar-refractivity contribution in [3.63, 3.8) is 0 Å². The van der Waals surface area contributed by atoms with Gasteiger partial charge < -0.3 is 19.9 Å². The summed E-state index contributed by atoms with van der Waals surface area (Å²) in [5, 5.41) is 2.88.